The second-order valence-corrected chi connectivity index (χ2v) is 6.19. The quantitative estimate of drug-likeness (QED) is 0.608. The van der Waals surface area contributed by atoms with Gasteiger partial charge in [-0.15, -0.1) is 0 Å². The van der Waals surface area contributed by atoms with E-state index in [1.807, 2.05) is 13.8 Å². The minimum atomic E-state index is -0.725. The zero-order valence-corrected chi connectivity index (χ0v) is 14.0. The van der Waals surface area contributed by atoms with Crippen LogP contribution in [0.25, 0.3) is 0 Å². The molecule has 0 aliphatic heterocycles. The van der Waals surface area contributed by atoms with Gasteiger partial charge >= 0.3 is 6.03 Å². The van der Waals surface area contributed by atoms with E-state index in [4.69, 9.17) is 5.73 Å². The molecule has 1 aromatic carbocycles. The number of carbonyl (C=O) groups excluding carboxylic acids is 3. The number of benzene rings is 1. The van der Waals surface area contributed by atoms with Crippen molar-refractivity contribution >= 4 is 23.5 Å². The maximum atomic E-state index is 12.4. The summed E-state index contributed by atoms with van der Waals surface area (Å²) in [5.74, 6) is -1.02. The van der Waals surface area contributed by atoms with Crippen LogP contribution in [-0.2, 0) is 4.79 Å². The Kier molecular flexibility index (Phi) is 5.78. The Morgan fingerprint density at radius 3 is 2.58 bits per heavy atom. The fraction of sp³-hybridized carbons (Fsp3) is 0.471. The van der Waals surface area contributed by atoms with E-state index in [0.29, 0.717) is 11.3 Å². The van der Waals surface area contributed by atoms with Crippen molar-refractivity contribution in [2.75, 3.05) is 5.32 Å². The van der Waals surface area contributed by atoms with Gasteiger partial charge in [0.1, 0.15) is 6.04 Å². The third kappa shape index (κ3) is 4.97. The molecule has 1 aliphatic carbocycles. The van der Waals surface area contributed by atoms with Crippen LogP contribution in [0.3, 0.4) is 0 Å². The average Bonchev–Trinajstić information content (AvgIpc) is 3.35. The Bertz CT molecular complexity index is 628. The van der Waals surface area contributed by atoms with Gasteiger partial charge in [0.15, 0.2) is 0 Å². The molecule has 7 nitrogen and oxygen atoms in total. The molecule has 0 spiro atoms. The van der Waals surface area contributed by atoms with Gasteiger partial charge in [-0.3, -0.25) is 9.59 Å². The van der Waals surface area contributed by atoms with E-state index in [0.717, 1.165) is 19.3 Å². The molecule has 1 aliphatic rings. The molecule has 5 N–H and O–H groups in total. The summed E-state index contributed by atoms with van der Waals surface area (Å²) in [5.41, 5.74) is 6.24. The monoisotopic (exact) mass is 332 g/mol. The summed E-state index contributed by atoms with van der Waals surface area (Å²) in [6.45, 7) is 3.78. The van der Waals surface area contributed by atoms with Gasteiger partial charge in [-0.25, -0.2) is 4.79 Å². The van der Waals surface area contributed by atoms with Gasteiger partial charge in [0.25, 0.3) is 5.91 Å². The molecule has 4 amide bonds. The predicted octanol–water partition coefficient (Wildman–Crippen LogP) is 1.60. The summed E-state index contributed by atoms with van der Waals surface area (Å²) in [7, 11) is 0. The van der Waals surface area contributed by atoms with Gasteiger partial charge in [0.2, 0.25) is 5.91 Å². The third-order valence-corrected chi connectivity index (χ3v) is 4.10. The minimum Gasteiger partial charge on any atom is -0.368 e. The van der Waals surface area contributed by atoms with E-state index in [2.05, 4.69) is 16.0 Å². The number of amides is 4. The number of urea groups is 1. The van der Waals surface area contributed by atoms with Crippen molar-refractivity contribution in [2.45, 2.75) is 45.2 Å². The summed E-state index contributed by atoms with van der Waals surface area (Å²) < 4.78 is 0. The van der Waals surface area contributed by atoms with Crippen molar-refractivity contribution in [3.05, 3.63) is 29.8 Å². The van der Waals surface area contributed by atoms with Crippen molar-refractivity contribution in [3.8, 4) is 0 Å². The lowest BCUT2D eigenvalue weighted by molar-refractivity contribution is -0.120. The topological polar surface area (TPSA) is 113 Å². The molecule has 1 saturated carbocycles. The Morgan fingerprint density at radius 1 is 1.29 bits per heavy atom. The first-order valence-electron chi connectivity index (χ1n) is 8.18. The number of rotatable bonds is 7. The summed E-state index contributed by atoms with van der Waals surface area (Å²) >= 11 is 0. The molecule has 2 rings (SSSR count). The molecular formula is C17H24N4O3. The van der Waals surface area contributed by atoms with Crippen LogP contribution in [0.4, 0.5) is 10.5 Å². The van der Waals surface area contributed by atoms with Crippen LogP contribution in [0.1, 0.15) is 43.5 Å². The van der Waals surface area contributed by atoms with Crippen LogP contribution in [0.5, 0.6) is 0 Å². The first-order valence-corrected chi connectivity index (χ1v) is 8.18. The highest BCUT2D eigenvalue weighted by atomic mass is 16.2. The second-order valence-electron chi connectivity index (χ2n) is 6.19. The fourth-order valence-electron chi connectivity index (χ4n) is 2.27. The summed E-state index contributed by atoms with van der Waals surface area (Å²) in [4.78, 5) is 35.6. The third-order valence-electron chi connectivity index (χ3n) is 4.10. The number of carbonyl (C=O) groups is 3. The van der Waals surface area contributed by atoms with Crippen LogP contribution in [0.2, 0.25) is 0 Å². The fourth-order valence-corrected chi connectivity index (χ4v) is 2.27. The van der Waals surface area contributed by atoms with Gasteiger partial charge in [-0.2, -0.15) is 0 Å². The van der Waals surface area contributed by atoms with Crippen LogP contribution >= 0.6 is 0 Å². The summed E-state index contributed by atoms with van der Waals surface area (Å²) in [6.07, 6.45) is 2.72. The summed E-state index contributed by atoms with van der Waals surface area (Å²) in [6, 6.07) is 5.79. The zero-order valence-electron chi connectivity index (χ0n) is 14.0. The summed E-state index contributed by atoms with van der Waals surface area (Å²) in [5, 5.41) is 8.17. The van der Waals surface area contributed by atoms with Crippen molar-refractivity contribution in [1.29, 1.82) is 0 Å². The van der Waals surface area contributed by atoms with Crippen LogP contribution < -0.4 is 21.7 Å². The van der Waals surface area contributed by atoms with Crippen molar-refractivity contribution < 1.29 is 14.4 Å². The highest BCUT2D eigenvalue weighted by Gasteiger charge is 2.25. The van der Waals surface area contributed by atoms with Crippen molar-refractivity contribution in [2.24, 2.45) is 11.7 Å². The number of anilines is 1. The van der Waals surface area contributed by atoms with E-state index in [-0.39, 0.29) is 18.0 Å². The normalized spacial score (nSPS) is 15.9. The number of hydrogen-bond acceptors (Lipinski definition) is 3. The standard InChI is InChI=1S/C17H24N4O3/c1-3-10(2)14(15(18)22)21-16(23)11-5-4-6-13(9-11)20-17(24)19-12-7-8-12/h4-6,9-10,12,14H,3,7-8H2,1-2H3,(H2,18,22)(H,21,23)(H2,19,20,24). The molecule has 2 atom stereocenters. The molecule has 0 heterocycles. The molecule has 2 unspecified atom stereocenters. The lowest BCUT2D eigenvalue weighted by atomic mass is 9.98. The molecule has 1 fully saturated rings. The molecule has 7 heteroatoms. The molecule has 1 aromatic rings. The number of nitrogens with two attached hydrogens (primary N) is 1. The van der Waals surface area contributed by atoms with E-state index in [1.54, 1.807) is 24.3 Å². The Labute approximate surface area is 141 Å². The zero-order chi connectivity index (χ0) is 17.7. The van der Waals surface area contributed by atoms with Crippen LogP contribution in [0.15, 0.2) is 24.3 Å². The number of hydrogen-bond donors (Lipinski definition) is 4. The largest absolute Gasteiger partial charge is 0.368 e. The minimum absolute atomic E-state index is 0.0583. The highest BCUT2D eigenvalue weighted by Crippen LogP contribution is 2.19. The van der Waals surface area contributed by atoms with Gasteiger partial charge in [0, 0.05) is 17.3 Å². The second kappa shape index (κ2) is 7.81. The molecular weight excluding hydrogens is 308 g/mol. The smallest absolute Gasteiger partial charge is 0.319 e. The SMILES string of the molecule is CCC(C)C(NC(=O)c1cccc(NC(=O)NC2CC2)c1)C(N)=O. The molecule has 24 heavy (non-hydrogen) atoms. The maximum Gasteiger partial charge on any atom is 0.319 e. The Morgan fingerprint density at radius 2 is 2.00 bits per heavy atom. The average molecular weight is 332 g/mol. The molecule has 130 valence electrons. The van der Waals surface area contributed by atoms with Gasteiger partial charge in [-0.05, 0) is 37.0 Å². The van der Waals surface area contributed by atoms with Gasteiger partial charge in [-0.1, -0.05) is 26.3 Å². The predicted molar refractivity (Wildman–Crippen MR) is 91.5 cm³/mol. The van der Waals surface area contributed by atoms with E-state index >= 15 is 0 Å². The van der Waals surface area contributed by atoms with Gasteiger partial charge < -0.3 is 21.7 Å². The lowest BCUT2D eigenvalue weighted by Gasteiger charge is -2.21. The first-order chi connectivity index (χ1) is 11.4. The lowest BCUT2D eigenvalue weighted by Crippen LogP contribution is -2.48. The highest BCUT2D eigenvalue weighted by molar-refractivity contribution is 5.99. The maximum absolute atomic E-state index is 12.4. The first kappa shape index (κ1) is 17.8. The number of nitrogens with one attached hydrogen (secondary N) is 3. The molecule has 0 bridgehead atoms. The van der Waals surface area contributed by atoms with Crippen molar-refractivity contribution in [1.82, 2.24) is 10.6 Å². The van der Waals surface area contributed by atoms with E-state index < -0.39 is 17.9 Å². The Hall–Kier alpha value is -2.57. The van der Waals surface area contributed by atoms with Crippen LogP contribution in [0, 0.1) is 5.92 Å². The van der Waals surface area contributed by atoms with Crippen molar-refractivity contribution in [3.63, 3.8) is 0 Å². The Balaban J connectivity index is 2.01. The number of primary amides is 1. The molecule has 0 saturated heterocycles. The van der Waals surface area contributed by atoms with Gasteiger partial charge in [0.05, 0.1) is 0 Å². The molecule has 0 radical (unpaired) electrons. The van der Waals surface area contributed by atoms with E-state index in [1.165, 1.54) is 0 Å². The van der Waals surface area contributed by atoms with E-state index in [9.17, 15) is 14.4 Å². The molecule has 0 aromatic heterocycles. The van der Waals surface area contributed by atoms with Crippen LogP contribution in [-0.4, -0.2) is 29.9 Å².